The molecule has 1 N–H and O–H groups in total. The van der Waals surface area contributed by atoms with Crippen molar-refractivity contribution < 1.29 is 9.47 Å². The predicted molar refractivity (Wildman–Crippen MR) is 119 cm³/mol. The summed E-state index contributed by atoms with van der Waals surface area (Å²) in [6, 6.07) is 24.6. The van der Waals surface area contributed by atoms with Gasteiger partial charge in [0.05, 0.1) is 12.8 Å². The average molecular weight is 384 g/mol. The topological polar surface area (TPSA) is 33.7 Å². The van der Waals surface area contributed by atoms with Crippen molar-refractivity contribution in [3.05, 3.63) is 72.8 Å². The van der Waals surface area contributed by atoms with E-state index in [9.17, 15) is 0 Å². The van der Waals surface area contributed by atoms with Gasteiger partial charge in [-0.2, -0.15) is 0 Å². The molecule has 1 heterocycles. The summed E-state index contributed by atoms with van der Waals surface area (Å²) in [7, 11) is 7.74. The van der Waals surface area contributed by atoms with Crippen LogP contribution in [-0.4, -0.2) is 39.0 Å². The van der Waals surface area contributed by atoms with Crippen molar-refractivity contribution >= 4 is 13.7 Å². The first kappa shape index (κ1) is 19.4. The molecular weight excluding hydrogens is 359 g/mol. The van der Waals surface area contributed by atoms with Gasteiger partial charge in [0.2, 0.25) is 0 Å². The molecular formula is C24H25BN2O2. The zero-order chi connectivity index (χ0) is 20.1. The van der Waals surface area contributed by atoms with E-state index in [-0.39, 0.29) is 0 Å². The third-order valence-electron chi connectivity index (χ3n) is 5.33. The van der Waals surface area contributed by atoms with Crippen LogP contribution in [0.4, 0.5) is 5.69 Å². The molecule has 0 bridgehead atoms. The van der Waals surface area contributed by atoms with E-state index in [1.165, 1.54) is 0 Å². The van der Waals surface area contributed by atoms with Gasteiger partial charge >= 0.3 is 0 Å². The minimum Gasteiger partial charge on any atom is -0.497 e. The molecule has 2 radical (unpaired) electrons. The molecule has 3 aromatic rings. The smallest absolute Gasteiger partial charge is 0.182 e. The van der Waals surface area contributed by atoms with Crippen LogP contribution >= 0.6 is 0 Å². The molecule has 0 aromatic heterocycles. The molecule has 1 aliphatic rings. The van der Waals surface area contributed by atoms with Gasteiger partial charge in [-0.3, -0.25) is 0 Å². The Morgan fingerprint density at radius 1 is 0.966 bits per heavy atom. The quantitative estimate of drug-likeness (QED) is 0.574. The number of ether oxygens (including phenoxy) is 2. The van der Waals surface area contributed by atoms with E-state index in [1.54, 1.807) is 7.11 Å². The Morgan fingerprint density at radius 2 is 1.72 bits per heavy atom. The molecule has 1 saturated heterocycles. The number of hydrogen-bond donors (Lipinski definition) is 1. The molecule has 0 spiro atoms. The summed E-state index contributed by atoms with van der Waals surface area (Å²) in [4.78, 5) is 1.93. The van der Waals surface area contributed by atoms with Crippen LogP contribution in [0.3, 0.4) is 0 Å². The maximum absolute atomic E-state index is 6.25. The number of methoxy groups -OCH3 is 1. The fourth-order valence-corrected chi connectivity index (χ4v) is 3.64. The zero-order valence-electron chi connectivity index (χ0n) is 16.7. The van der Waals surface area contributed by atoms with Crippen molar-refractivity contribution in [3.8, 4) is 28.4 Å². The van der Waals surface area contributed by atoms with Gasteiger partial charge in [-0.05, 0) is 66.9 Å². The summed E-state index contributed by atoms with van der Waals surface area (Å²) in [6.07, 6.45) is 2.26. The summed E-state index contributed by atoms with van der Waals surface area (Å²) in [5.41, 5.74) is 3.23. The minimum atomic E-state index is 0.345. The maximum Gasteiger partial charge on any atom is 0.182 e. The summed E-state index contributed by atoms with van der Waals surface area (Å²) in [5.74, 6) is 2.36. The summed E-state index contributed by atoms with van der Waals surface area (Å²) >= 11 is 0. The lowest BCUT2D eigenvalue weighted by Crippen LogP contribution is -2.32. The van der Waals surface area contributed by atoms with Crippen LogP contribution in [-0.2, 0) is 0 Å². The average Bonchev–Trinajstić information content (AvgIpc) is 3.18. The second-order valence-electron chi connectivity index (χ2n) is 7.27. The van der Waals surface area contributed by atoms with Crippen LogP contribution in [0.25, 0.3) is 11.1 Å². The summed E-state index contributed by atoms with van der Waals surface area (Å²) in [5, 5.41) is 3.54. The number of nitrogens with one attached hydrogen (secondary N) is 1. The van der Waals surface area contributed by atoms with Crippen LogP contribution in [0.2, 0.25) is 0 Å². The largest absolute Gasteiger partial charge is 0.497 e. The Kier molecular flexibility index (Phi) is 6.06. The van der Waals surface area contributed by atoms with E-state index in [0.717, 1.165) is 60.0 Å². The Bertz CT molecular complexity index is 931. The molecule has 0 amide bonds. The van der Waals surface area contributed by atoms with Gasteiger partial charge in [0.25, 0.3) is 0 Å². The molecule has 3 aromatic carbocycles. The molecule has 1 aliphatic heterocycles. The van der Waals surface area contributed by atoms with Crippen molar-refractivity contribution in [1.29, 1.82) is 0 Å². The van der Waals surface area contributed by atoms with Crippen LogP contribution in [0.5, 0.6) is 17.2 Å². The van der Waals surface area contributed by atoms with Crippen LogP contribution in [0.1, 0.15) is 12.8 Å². The number of nitrogens with zero attached hydrogens (tertiary/aromatic N) is 1. The third kappa shape index (κ3) is 4.74. The second kappa shape index (κ2) is 9.06. The van der Waals surface area contributed by atoms with Crippen molar-refractivity contribution in [3.63, 3.8) is 0 Å². The van der Waals surface area contributed by atoms with Gasteiger partial charge in [-0.25, -0.2) is 0 Å². The lowest BCUT2D eigenvalue weighted by atomic mass is 10.0. The fraction of sp³-hybridized carbons (Fsp3) is 0.250. The molecule has 4 rings (SSSR count). The van der Waals surface area contributed by atoms with Gasteiger partial charge in [-0.1, -0.05) is 36.4 Å². The molecule has 29 heavy (non-hydrogen) atoms. The Labute approximate surface area is 173 Å². The summed E-state index contributed by atoms with van der Waals surface area (Å²) in [6.45, 7) is 1.74. The second-order valence-corrected chi connectivity index (χ2v) is 7.27. The monoisotopic (exact) mass is 384 g/mol. The van der Waals surface area contributed by atoms with Crippen molar-refractivity contribution in [2.75, 3.05) is 25.5 Å². The normalized spacial score (nSPS) is 16.5. The highest BCUT2D eigenvalue weighted by Gasteiger charge is 2.20. The molecule has 0 aliphatic carbocycles. The zero-order valence-corrected chi connectivity index (χ0v) is 16.7. The van der Waals surface area contributed by atoms with Gasteiger partial charge in [-0.15, -0.1) is 0 Å². The van der Waals surface area contributed by atoms with Crippen LogP contribution in [0.15, 0.2) is 72.8 Å². The maximum atomic E-state index is 6.25. The third-order valence-corrected chi connectivity index (χ3v) is 5.33. The van der Waals surface area contributed by atoms with Crippen LogP contribution in [0, 0.1) is 0 Å². The highest BCUT2D eigenvalue weighted by Crippen LogP contribution is 2.35. The number of rotatable bonds is 7. The Morgan fingerprint density at radius 3 is 2.41 bits per heavy atom. The lowest BCUT2D eigenvalue weighted by Gasteiger charge is -2.22. The SMILES string of the molecule is [B]N1CCC[C@H]1CNc1ccc(-c2ccccc2)cc1Oc1ccc(OC)cc1. The molecule has 146 valence electrons. The van der Waals surface area contributed by atoms with E-state index >= 15 is 0 Å². The molecule has 4 nitrogen and oxygen atoms in total. The van der Waals surface area contributed by atoms with Gasteiger partial charge in [0, 0.05) is 12.6 Å². The van der Waals surface area contributed by atoms with Gasteiger partial charge in [0.15, 0.2) is 13.7 Å². The van der Waals surface area contributed by atoms with E-state index in [1.807, 2.05) is 47.3 Å². The molecule has 0 unspecified atom stereocenters. The first-order valence-electron chi connectivity index (χ1n) is 9.99. The Hall–Kier alpha value is -2.92. The first-order valence-corrected chi connectivity index (χ1v) is 9.99. The van der Waals surface area contributed by atoms with E-state index < -0.39 is 0 Å². The Balaban J connectivity index is 1.59. The molecule has 1 atom stereocenters. The van der Waals surface area contributed by atoms with Crippen molar-refractivity contribution in [2.24, 2.45) is 0 Å². The van der Waals surface area contributed by atoms with Crippen molar-refractivity contribution in [2.45, 2.75) is 18.9 Å². The fourth-order valence-electron chi connectivity index (χ4n) is 3.64. The van der Waals surface area contributed by atoms with Crippen LogP contribution < -0.4 is 14.8 Å². The van der Waals surface area contributed by atoms with E-state index in [0.29, 0.717) is 6.04 Å². The van der Waals surface area contributed by atoms with E-state index in [4.69, 9.17) is 17.5 Å². The van der Waals surface area contributed by atoms with Gasteiger partial charge < -0.3 is 19.6 Å². The molecule has 0 saturated carbocycles. The first-order chi connectivity index (χ1) is 14.2. The highest BCUT2D eigenvalue weighted by atomic mass is 16.5. The number of benzene rings is 3. The van der Waals surface area contributed by atoms with E-state index in [2.05, 4.69) is 35.6 Å². The van der Waals surface area contributed by atoms with Gasteiger partial charge in [0.1, 0.15) is 11.5 Å². The molecule has 5 heteroatoms. The standard InChI is InChI=1S/C24H25BN2O2/c1-28-21-10-12-22(13-11-21)29-24-16-19(18-6-3-2-4-7-18)9-14-23(24)26-17-20-8-5-15-27(20)25/h2-4,6-7,9-14,16,20,26H,5,8,15,17H2,1H3/t20-/m0/s1. The summed E-state index contributed by atoms with van der Waals surface area (Å²) < 4.78 is 11.5. The highest BCUT2D eigenvalue weighted by molar-refractivity contribution is 6.04. The minimum absolute atomic E-state index is 0.345. The predicted octanol–water partition coefficient (Wildman–Crippen LogP) is 5.11. The number of anilines is 1. The molecule has 1 fully saturated rings. The van der Waals surface area contributed by atoms with Crippen molar-refractivity contribution in [1.82, 2.24) is 4.81 Å². The number of hydrogen-bond acceptors (Lipinski definition) is 4. The lowest BCUT2D eigenvalue weighted by molar-refractivity contribution is 0.413.